The molecule has 0 fully saturated rings. The van der Waals surface area contributed by atoms with Gasteiger partial charge in [0.25, 0.3) is 6.71 Å². The summed E-state index contributed by atoms with van der Waals surface area (Å²) in [5, 5.41) is 0. The Kier molecular flexibility index (Phi) is 6.57. The fourth-order valence-electron chi connectivity index (χ4n) is 9.86. The summed E-state index contributed by atoms with van der Waals surface area (Å²) in [6.07, 6.45) is 2.17. The number of rotatable bonds is 2. The van der Waals surface area contributed by atoms with Crippen LogP contribution in [0.5, 0.6) is 46.0 Å². The minimum absolute atomic E-state index is 0.0267. The van der Waals surface area contributed by atoms with Crippen molar-refractivity contribution in [3.63, 3.8) is 0 Å². The summed E-state index contributed by atoms with van der Waals surface area (Å²) in [4.78, 5) is 4.61. The van der Waals surface area contributed by atoms with E-state index in [2.05, 4.69) is 128 Å². The Morgan fingerprint density at radius 2 is 0.860 bits per heavy atom. The van der Waals surface area contributed by atoms with Gasteiger partial charge in [-0.25, -0.2) is 0 Å². The second kappa shape index (κ2) is 11.5. The smallest absolute Gasteiger partial charge is 0.260 e. The van der Waals surface area contributed by atoms with E-state index in [1.165, 1.54) is 11.1 Å². The minimum atomic E-state index is -0.161. The van der Waals surface area contributed by atoms with E-state index >= 15 is 0 Å². The maximum absolute atomic E-state index is 7.24. The van der Waals surface area contributed by atoms with Crippen LogP contribution in [0.4, 0.5) is 34.1 Å². The van der Waals surface area contributed by atoms with Crippen LogP contribution in [0.15, 0.2) is 140 Å². The molecule has 6 nitrogen and oxygen atoms in total. The first-order chi connectivity index (χ1) is 27.7. The highest BCUT2D eigenvalue weighted by Gasteiger charge is 2.48. The van der Waals surface area contributed by atoms with Crippen molar-refractivity contribution in [3.05, 3.63) is 151 Å². The number of hydrogen-bond donors (Lipinski definition) is 0. The van der Waals surface area contributed by atoms with Crippen LogP contribution in [0.2, 0.25) is 0 Å². The molecular weight excluding hydrogens is 703 g/mol. The van der Waals surface area contributed by atoms with Gasteiger partial charge in [0, 0.05) is 22.4 Å². The number of fused-ring (bicyclic) bond motifs is 10. The standard InChI is InChI=1S/C50H39BN2O4/c1-49(2)25-26-50(3,4)46-32(49)29-45-47-48(46)57-40-24-22-31(53-37-15-7-11-19-43(37)56-44-20-12-8-16-38(44)53)28-34(40)51(47)33-27-30(21-23-39(33)54-45)52-35-13-5-9-17-41(35)55-42-18-10-6-14-36(42)52/h5-24,27-29H,25-26H2,1-4H3. The molecule has 12 rings (SSSR count). The molecule has 0 saturated carbocycles. The molecule has 0 unspecified atom stereocenters. The van der Waals surface area contributed by atoms with E-state index in [0.717, 1.165) is 109 Å². The molecule has 1 aliphatic carbocycles. The van der Waals surface area contributed by atoms with Crippen LogP contribution in [0.1, 0.15) is 51.7 Å². The van der Waals surface area contributed by atoms with E-state index in [1.54, 1.807) is 0 Å². The Labute approximate surface area is 332 Å². The van der Waals surface area contributed by atoms with E-state index in [0.29, 0.717) is 0 Å². The zero-order chi connectivity index (χ0) is 38.2. The average molecular weight is 743 g/mol. The summed E-state index contributed by atoms with van der Waals surface area (Å²) in [6.45, 7) is 9.31. The molecule has 0 spiro atoms. The maximum Gasteiger partial charge on any atom is 0.260 e. The molecule has 4 heterocycles. The summed E-state index contributed by atoms with van der Waals surface area (Å²) < 4.78 is 27.1. The predicted octanol–water partition coefficient (Wildman–Crippen LogP) is 11.9. The van der Waals surface area contributed by atoms with Crippen LogP contribution in [-0.4, -0.2) is 6.71 Å². The zero-order valence-corrected chi connectivity index (χ0v) is 32.3. The summed E-state index contributed by atoms with van der Waals surface area (Å²) in [5.74, 6) is 6.83. The third kappa shape index (κ3) is 4.66. The van der Waals surface area contributed by atoms with Crippen molar-refractivity contribution in [3.8, 4) is 46.0 Å². The van der Waals surface area contributed by atoms with Crippen molar-refractivity contribution in [2.45, 2.75) is 51.4 Å². The van der Waals surface area contributed by atoms with Crippen LogP contribution in [0.3, 0.4) is 0 Å². The quantitative estimate of drug-likeness (QED) is 0.164. The average Bonchev–Trinajstić information content (AvgIpc) is 3.23. The Morgan fingerprint density at radius 3 is 1.35 bits per heavy atom. The summed E-state index contributed by atoms with van der Waals surface area (Å²) in [7, 11) is 0. The van der Waals surface area contributed by atoms with Crippen LogP contribution >= 0.6 is 0 Å². The van der Waals surface area contributed by atoms with Gasteiger partial charge in [-0.2, -0.15) is 0 Å². The van der Waals surface area contributed by atoms with Gasteiger partial charge < -0.3 is 28.7 Å². The molecule has 0 radical (unpaired) electrons. The normalized spacial score (nSPS) is 16.7. The molecule has 0 bridgehead atoms. The molecule has 0 amide bonds. The lowest BCUT2D eigenvalue weighted by atomic mass is 9.34. The van der Waals surface area contributed by atoms with Crippen LogP contribution in [0, 0.1) is 0 Å². The number of benzene rings is 7. The Hall–Kier alpha value is -6.60. The van der Waals surface area contributed by atoms with Crippen molar-refractivity contribution in [1.82, 2.24) is 0 Å². The number of para-hydroxylation sites is 8. The lowest BCUT2D eigenvalue weighted by molar-refractivity contribution is 0.318. The molecule has 0 aromatic heterocycles. The van der Waals surface area contributed by atoms with Crippen molar-refractivity contribution >= 4 is 57.2 Å². The zero-order valence-electron chi connectivity index (χ0n) is 32.3. The van der Waals surface area contributed by atoms with E-state index < -0.39 is 0 Å². The number of hydrogen-bond acceptors (Lipinski definition) is 6. The third-order valence-corrected chi connectivity index (χ3v) is 12.8. The molecule has 5 aliphatic rings. The van der Waals surface area contributed by atoms with Gasteiger partial charge >= 0.3 is 0 Å². The highest BCUT2D eigenvalue weighted by Crippen LogP contribution is 2.55. The fraction of sp³-hybridized carbons (Fsp3) is 0.160. The molecule has 4 aliphatic heterocycles. The predicted molar refractivity (Wildman–Crippen MR) is 229 cm³/mol. The Bertz CT molecular complexity index is 2660. The van der Waals surface area contributed by atoms with Crippen molar-refractivity contribution < 1.29 is 18.9 Å². The van der Waals surface area contributed by atoms with Gasteiger partial charge in [0.05, 0.1) is 22.7 Å². The molecule has 7 aromatic carbocycles. The van der Waals surface area contributed by atoms with Gasteiger partial charge in [0.1, 0.15) is 23.0 Å². The molecule has 0 N–H and O–H groups in total. The first-order valence-electron chi connectivity index (χ1n) is 19.9. The molecule has 0 saturated heterocycles. The SMILES string of the molecule is CC1(C)CCC(C)(C)c2c1cc1c3c2Oc2ccc(N4c5ccccc5Oc5ccccc54)cc2B3c2cc(N3c4ccccc4Oc4ccccc43)ccc2O1. The summed E-state index contributed by atoms with van der Waals surface area (Å²) >= 11 is 0. The first-order valence-corrected chi connectivity index (χ1v) is 19.9. The minimum Gasteiger partial charge on any atom is -0.458 e. The first kappa shape index (κ1) is 32.6. The second-order valence-electron chi connectivity index (χ2n) is 17.1. The number of anilines is 6. The lowest BCUT2D eigenvalue weighted by Crippen LogP contribution is -2.58. The van der Waals surface area contributed by atoms with Crippen LogP contribution in [0.25, 0.3) is 0 Å². The molecule has 0 atom stereocenters. The highest BCUT2D eigenvalue weighted by atomic mass is 16.5. The molecular formula is C50H39BN2O4. The molecule has 57 heavy (non-hydrogen) atoms. The largest absolute Gasteiger partial charge is 0.458 e. The van der Waals surface area contributed by atoms with E-state index in [4.69, 9.17) is 18.9 Å². The van der Waals surface area contributed by atoms with Crippen molar-refractivity contribution in [2.24, 2.45) is 0 Å². The van der Waals surface area contributed by atoms with E-state index in [-0.39, 0.29) is 17.5 Å². The van der Waals surface area contributed by atoms with Gasteiger partial charge in [-0.15, -0.1) is 0 Å². The highest BCUT2D eigenvalue weighted by molar-refractivity contribution is 6.98. The second-order valence-corrected chi connectivity index (χ2v) is 17.1. The van der Waals surface area contributed by atoms with Gasteiger partial charge in [-0.3, -0.25) is 0 Å². The third-order valence-electron chi connectivity index (χ3n) is 12.8. The molecule has 7 aromatic rings. The lowest BCUT2D eigenvalue weighted by Gasteiger charge is -2.45. The molecule has 276 valence electrons. The summed E-state index contributed by atoms with van der Waals surface area (Å²) in [5.41, 5.74) is 11.8. The topological polar surface area (TPSA) is 43.4 Å². The van der Waals surface area contributed by atoms with Gasteiger partial charge in [0.2, 0.25) is 0 Å². The summed E-state index contributed by atoms with van der Waals surface area (Å²) in [6, 6.07) is 48.6. The van der Waals surface area contributed by atoms with Crippen LogP contribution < -0.4 is 45.1 Å². The number of nitrogens with zero attached hydrogens (tertiary/aromatic N) is 2. The Morgan fingerprint density at radius 1 is 0.439 bits per heavy atom. The van der Waals surface area contributed by atoms with Crippen LogP contribution in [-0.2, 0) is 10.8 Å². The van der Waals surface area contributed by atoms with E-state index in [1.807, 2.05) is 48.5 Å². The van der Waals surface area contributed by atoms with Gasteiger partial charge in [-0.05, 0) is 131 Å². The fourth-order valence-corrected chi connectivity index (χ4v) is 9.86. The molecule has 7 heteroatoms. The van der Waals surface area contributed by atoms with Gasteiger partial charge in [-0.1, -0.05) is 76.2 Å². The van der Waals surface area contributed by atoms with Crippen molar-refractivity contribution in [2.75, 3.05) is 9.80 Å². The monoisotopic (exact) mass is 742 g/mol. The van der Waals surface area contributed by atoms with Gasteiger partial charge in [0.15, 0.2) is 23.0 Å². The van der Waals surface area contributed by atoms with Crippen molar-refractivity contribution in [1.29, 1.82) is 0 Å². The van der Waals surface area contributed by atoms with E-state index in [9.17, 15) is 0 Å². The Balaban J connectivity index is 1.10. The number of ether oxygens (including phenoxy) is 4. The maximum atomic E-state index is 7.24.